The van der Waals surface area contributed by atoms with Gasteiger partial charge in [0.15, 0.2) is 0 Å². The Morgan fingerprint density at radius 3 is 2.72 bits per heavy atom. The van der Waals surface area contributed by atoms with Gasteiger partial charge in [-0.15, -0.1) is 0 Å². The number of benzene rings is 1. The normalized spacial score (nSPS) is 18.1. The van der Waals surface area contributed by atoms with Crippen LogP contribution in [0.1, 0.15) is 13.3 Å². The summed E-state index contributed by atoms with van der Waals surface area (Å²) in [5.74, 6) is -2.24. The first kappa shape index (κ1) is 18.6. The molecule has 0 aliphatic carbocycles. The highest BCUT2D eigenvalue weighted by Crippen LogP contribution is 2.26. The molecule has 7 nitrogen and oxygen atoms in total. The molecule has 3 N–H and O–H groups in total. The van der Waals surface area contributed by atoms with E-state index >= 15 is 0 Å². The van der Waals surface area contributed by atoms with Crippen LogP contribution in [-0.4, -0.2) is 42.6 Å². The van der Waals surface area contributed by atoms with Gasteiger partial charge >= 0.3 is 6.18 Å². The molecule has 0 fully saturated rings. The van der Waals surface area contributed by atoms with E-state index in [4.69, 9.17) is 4.74 Å². The molecule has 1 aromatic carbocycles. The Balaban J connectivity index is 1.92. The van der Waals surface area contributed by atoms with Crippen molar-refractivity contribution in [1.82, 2.24) is 10.6 Å². The summed E-state index contributed by atoms with van der Waals surface area (Å²) in [6, 6.07) is 4.37. The average Bonchev–Trinajstić information content (AvgIpc) is 2.64. The summed E-state index contributed by atoms with van der Waals surface area (Å²) in [5, 5.41) is 6.84. The van der Waals surface area contributed by atoms with Crippen LogP contribution in [0, 0.1) is 0 Å². The molecule has 136 valence electrons. The third kappa shape index (κ3) is 5.37. The van der Waals surface area contributed by atoms with Crippen LogP contribution >= 0.6 is 0 Å². The van der Waals surface area contributed by atoms with Crippen molar-refractivity contribution in [3.63, 3.8) is 0 Å². The van der Waals surface area contributed by atoms with Crippen LogP contribution in [0.4, 0.5) is 18.9 Å². The highest BCUT2D eigenvalue weighted by Gasteiger charge is 2.33. The van der Waals surface area contributed by atoms with Gasteiger partial charge in [0, 0.05) is 0 Å². The number of amides is 3. The van der Waals surface area contributed by atoms with E-state index in [1.54, 1.807) is 24.3 Å². The van der Waals surface area contributed by atoms with Crippen LogP contribution in [0.5, 0.6) is 5.75 Å². The molecule has 2 rings (SSSR count). The monoisotopic (exact) mass is 359 g/mol. The Bertz CT molecular complexity index is 678. The van der Waals surface area contributed by atoms with Crippen molar-refractivity contribution in [1.29, 1.82) is 0 Å². The first-order valence-corrected chi connectivity index (χ1v) is 7.35. The van der Waals surface area contributed by atoms with Gasteiger partial charge in [0.05, 0.1) is 5.69 Å². The molecule has 2 atom stereocenters. The minimum atomic E-state index is -4.67. The van der Waals surface area contributed by atoms with Crippen LogP contribution in [0.25, 0.3) is 0 Å². The first-order valence-electron chi connectivity index (χ1n) is 7.35. The molecule has 1 heterocycles. The molecule has 0 saturated heterocycles. The molecule has 25 heavy (non-hydrogen) atoms. The molecule has 10 heteroatoms. The summed E-state index contributed by atoms with van der Waals surface area (Å²) in [6.45, 7) is 1.06. The minimum absolute atomic E-state index is 0.155. The number of ether oxygens (including phenoxy) is 1. The van der Waals surface area contributed by atoms with E-state index in [0.717, 1.165) is 0 Å². The minimum Gasteiger partial charge on any atom is -0.489 e. The predicted molar refractivity (Wildman–Crippen MR) is 80.8 cm³/mol. The lowest BCUT2D eigenvalue weighted by Gasteiger charge is -2.19. The Kier molecular flexibility index (Phi) is 5.50. The maximum absolute atomic E-state index is 12.1. The fourth-order valence-electron chi connectivity index (χ4n) is 2.11. The quantitative estimate of drug-likeness (QED) is 0.746. The number of nitrogens with one attached hydrogen (secondary N) is 3. The van der Waals surface area contributed by atoms with Gasteiger partial charge in [0.2, 0.25) is 11.8 Å². The zero-order valence-electron chi connectivity index (χ0n) is 13.1. The van der Waals surface area contributed by atoms with Crippen LogP contribution in [0.2, 0.25) is 0 Å². The van der Waals surface area contributed by atoms with E-state index in [1.165, 1.54) is 6.92 Å². The summed E-state index contributed by atoms with van der Waals surface area (Å²) < 4.78 is 41.8. The third-order valence-electron chi connectivity index (χ3n) is 3.32. The highest BCUT2D eigenvalue weighted by molar-refractivity contribution is 5.99. The molecule has 1 aliphatic heterocycles. The number of halogens is 3. The molecule has 3 amide bonds. The first-order chi connectivity index (χ1) is 11.7. The SMILES string of the molecule is CC(NC(=O)CC(F)(F)F)C(=O)N[C@H]1COc2ccccc2NC1=O. The van der Waals surface area contributed by atoms with Gasteiger partial charge in [-0.1, -0.05) is 12.1 Å². The molecule has 0 spiro atoms. The Labute approximate surface area is 140 Å². The number of carbonyl (C=O) groups is 3. The number of alkyl halides is 3. The fourth-order valence-corrected chi connectivity index (χ4v) is 2.11. The van der Waals surface area contributed by atoms with Crippen molar-refractivity contribution in [3.05, 3.63) is 24.3 Å². The zero-order chi connectivity index (χ0) is 18.6. The van der Waals surface area contributed by atoms with Gasteiger partial charge in [-0.25, -0.2) is 0 Å². The molecular formula is C15H16F3N3O4. The maximum atomic E-state index is 12.1. The predicted octanol–water partition coefficient (Wildman–Crippen LogP) is 0.959. The van der Waals surface area contributed by atoms with Crippen LogP contribution < -0.4 is 20.7 Å². The largest absolute Gasteiger partial charge is 0.489 e. The molecule has 0 radical (unpaired) electrons. The highest BCUT2D eigenvalue weighted by atomic mass is 19.4. The topological polar surface area (TPSA) is 96.5 Å². The average molecular weight is 359 g/mol. The van der Waals surface area contributed by atoms with E-state index < -0.39 is 42.4 Å². The van der Waals surface area contributed by atoms with E-state index in [2.05, 4.69) is 10.6 Å². The van der Waals surface area contributed by atoms with Crippen LogP contribution in [-0.2, 0) is 14.4 Å². The van der Waals surface area contributed by atoms with Gasteiger partial charge < -0.3 is 20.7 Å². The maximum Gasteiger partial charge on any atom is 0.397 e. The number of para-hydroxylation sites is 2. The van der Waals surface area contributed by atoms with Gasteiger partial charge in [-0.3, -0.25) is 14.4 Å². The van der Waals surface area contributed by atoms with Gasteiger partial charge in [-0.2, -0.15) is 13.2 Å². The summed E-state index contributed by atoms with van der Waals surface area (Å²) in [6.07, 6.45) is -6.35. The van der Waals surface area contributed by atoms with Crippen molar-refractivity contribution in [2.45, 2.75) is 31.6 Å². The molecule has 0 saturated carbocycles. The molecule has 1 aliphatic rings. The number of rotatable bonds is 4. The van der Waals surface area contributed by atoms with Crippen molar-refractivity contribution in [2.24, 2.45) is 0 Å². The molecular weight excluding hydrogens is 343 g/mol. The summed E-state index contributed by atoms with van der Waals surface area (Å²) in [4.78, 5) is 35.3. The zero-order valence-corrected chi connectivity index (χ0v) is 13.1. The second-order valence-corrected chi connectivity index (χ2v) is 5.44. The van der Waals surface area contributed by atoms with E-state index in [1.807, 2.05) is 5.32 Å². The van der Waals surface area contributed by atoms with Crippen molar-refractivity contribution < 1.29 is 32.3 Å². The van der Waals surface area contributed by atoms with Crippen molar-refractivity contribution >= 4 is 23.4 Å². The summed E-state index contributed by atoms with van der Waals surface area (Å²) >= 11 is 0. The fraction of sp³-hybridized carbons (Fsp3) is 0.400. The van der Waals surface area contributed by atoms with Crippen molar-refractivity contribution in [3.8, 4) is 5.75 Å². The van der Waals surface area contributed by atoms with Crippen molar-refractivity contribution in [2.75, 3.05) is 11.9 Å². The van der Waals surface area contributed by atoms with Crippen LogP contribution in [0.15, 0.2) is 24.3 Å². The second kappa shape index (κ2) is 7.41. The second-order valence-electron chi connectivity index (χ2n) is 5.44. The summed E-state index contributed by atoms with van der Waals surface area (Å²) in [5.41, 5.74) is 0.441. The van der Waals surface area contributed by atoms with Gasteiger partial charge in [0.25, 0.3) is 5.91 Å². The van der Waals surface area contributed by atoms with E-state index in [-0.39, 0.29) is 6.61 Å². The molecule has 0 bridgehead atoms. The lowest BCUT2D eigenvalue weighted by atomic mass is 10.2. The summed E-state index contributed by atoms with van der Waals surface area (Å²) in [7, 11) is 0. The number of anilines is 1. The number of hydrogen-bond acceptors (Lipinski definition) is 4. The Hall–Kier alpha value is -2.78. The lowest BCUT2D eigenvalue weighted by Crippen LogP contribution is -2.53. The third-order valence-corrected chi connectivity index (χ3v) is 3.32. The number of fused-ring (bicyclic) bond motifs is 1. The van der Waals surface area contributed by atoms with Gasteiger partial charge in [-0.05, 0) is 19.1 Å². The molecule has 1 unspecified atom stereocenters. The smallest absolute Gasteiger partial charge is 0.397 e. The van der Waals surface area contributed by atoms with Crippen LogP contribution in [0.3, 0.4) is 0 Å². The number of hydrogen-bond donors (Lipinski definition) is 3. The molecule has 1 aromatic rings. The van der Waals surface area contributed by atoms with E-state index in [0.29, 0.717) is 11.4 Å². The molecule has 0 aromatic heterocycles. The Morgan fingerprint density at radius 1 is 1.36 bits per heavy atom. The van der Waals surface area contributed by atoms with E-state index in [9.17, 15) is 27.6 Å². The van der Waals surface area contributed by atoms with Gasteiger partial charge in [0.1, 0.15) is 30.9 Å². The Morgan fingerprint density at radius 2 is 2.04 bits per heavy atom. The lowest BCUT2D eigenvalue weighted by molar-refractivity contribution is -0.155. The number of carbonyl (C=O) groups excluding carboxylic acids is 3. The standard InChI is InChI=1S/C15H16F3N3O4/c1-8(19-12(22)6-15(16,17)18)13(23)21-10-7-25-11-5-3-2-4-9(11)20-14(10)24/h2-5,8,10H,6-7H2,1H3,(H,19,22)(H,20,24)(H,21,23)/t8?,10-/m0/s1.